The molecule has 0 aliphatic rings. The summed E-state index contributed by atoms with van der Waals surface area (Å²) in [4.78, 5) is 12.1. The number of aromatic nitrogens is 3. The minimum absolute atomic E-state index is 0.0388. The van der Waals surface area contributed by atoms with E-state index >= 15 is 0 Å². The van der Waals surface area contributed by atoms with Gasteiger partial charge in [0.1, 0.15) is 24.0 Å². The number of hydrogen-bond donors (Lipinski definition) is 1. The average molecular weight is 439 g/mol. The number of carbonyl (C=O) groups is 1. The van der Waals surface area contributed by atoms with Gasteiger partial charge in [0.25, 0.3) is 0 Å². The molecule has 1 N–H and O–H groups in total. The molecule has 2 aromatic carbocycles. The number of nitrogens with zero attached hydrogens (tertiary/aromatic N) is 3. The molecule has 0 unspecified atom stereocenters. The number of anilines is 1. The van der Waals surface area contributed by atoms with Crippen LogP contribution in [0.4, 0.5) is 14.5 Å². The van der Waals surface area contributed by atoms with E-state index in [4.69, 9.17) is 16.3 Å². The molecule has 152 valence electrons. The quantitative estimate of drug-likeness (QED) is 0.523. The van der Waals surface area contributed by atoms with E-state index in [1.807, 2.05) is 6.92 Å². The number of carbonyl (C=O) groups excluding carboxylic acids is 1. The lowest BCUT2D eigenvalue weighted by Crippen LogP contribution is -2.15. The van der Waals surface area contributed by atoms with Crippen LogP contribution in [-0.4, -0.2) is 26.4 Å². The Hall–Kier alpha value is -2.65. The topological polar surface area (TPSA) is 69.0 Å². The van der Waals surface area contributed by atoms with E-state index in [0.717, 1.165) is 6.07 Å². The zero-order valence-electron chi connectivity index (χ0n) is 15.4. The molecular weight excluding hydrogens is 422 g/mol. The predicted octanol–water partition coefficient (Wildman–Crippen LogP) is 4.54. The first-order valence-corrected chi connectivity index (χ1v) is 10.0. The summed E-state index contributed by atoms with van der Waals surface area (Å²) >= 11 is 7.13. The van der Waals surface area contributed by atoms with E-state index in [-0.39, 0.29) is 29.0 Å². The molecule has 0 aliphatic heterocycles. The Morgan fingerprint density at radius 3 is 2.76 bits per heavy atom. The maximum absolute atomic E-state index is 13.6. The molecule has 3 aromatic rings. The molecule has 0 saturated carbocycles. The number of amides is 1. The van der Waals surface area contributed by atoms with E-state index in [2.05, 4.69) is 15.5 Å². The Morgan fingerprint density at radius 1 is 1.24 bits per heavy atom. The molecule has 29 heavy (non-hydrogen) atoms. The third kappa shape index (κ3) is 5.45. The van der Waals surface area contributed by atoms with Crippen LogP contribution in [0.5, 0.6) is 5.75 Å². The second kappa shape index (κ2) is 9.71. The normalized spacial score (nSPS) is 10.8. The second-order valence-corrected chi connectivity index (χ2v) is 7.17. The molecule has 0 bridgehead atoms. The largest absolute Gasteiger partial charge is 0.484 e. The SMILES string of the molecule is CCn1c(COc2ccc(F)cc2Cl)nnc1SCC(=O)Nc1ccccc1F. The molecule has 1 aromatic heterocycles. The van der Waals surface area contributed by atoms with Gasteiger partial charge in [0.05, 0.1) is 16.5 Å². The van der Waals surface area contributed by atoms with Crippen LogP contribution in [0.25, 0.3) is 0 Å². The zero-order valence-corrected chi connectivity index (χ0v) is 16.9. The average Bonchev–Trinajstić information content (AvgIpc) is 3.09. The summed E-state index contributed by atoms with van der Waals surface area (Å²) in [5.74, 6) is -0.409. The molecule has 0 saturated heterocycles. The molecule has 10 heteroatoms. The molecule has 0 aliphatic carbocycles. The third-order valence-corrected chi connectivity index (χ3v) is 5.10. The number of nitrogens with one attached hydrogen (secondary N) is 1. The van der Waals surface area contributed by atoms with Crippen molar-refractivity contribution in [3.63, 3.8) is 0 Å². The lowest BCUT2D eigenvalue weighted by Gasteiger charge is -2.10. The van der Waals surface area contributed by atoms with Gasteiger partial charge in [-0.1, -0.05) is 35.5 Å². The first-order valence-electron chi connectivity index (χ1n) is 8.65. The Bertz CT molecular complexity index is 1020. The van der Waals surface area contributed by atoms with E-state index in [9.17, 15) is 13.6 Å². The molecule has 1 amide bonds. The van der Waals surface area contributed by atoms with Crippen LogP contribution < -0.4 is 10.1 Å². The van der Waals surface area contributed by atoms with Gasteiger partial charge in [-0.2, -0.15) is 0 Å². The summed E-state index contributed by atoms with van der Waals surface area (Å²) in [6.45, 7) is 2.54. The fourth-order valence-corrected chi connectivity index (χ4v) is 3.51. The second-order valence-electron chi connectivity index (χ2n) is 5.82. The van der Waals surface area contributed by atoms with Gasteiger partial charge in [-0.3, -0.25) is 4.79 Å². The van der Waals surface area contributed by atoms with Crippen LogP contribution in [0.15, 0.2) is 47.6 Å². The number of hydrogen-bond acceptors (Lipinski definition) is 5. The third-order valence-electron chi connectivity index (χ3n) is 3.84. The fraction of sp³-hybridized carbons (Fsp3) is 0.211. The summed E-state index contributed by atoms with van der Waals surface area (Å²) in [7, 11) is 0. The maximum Gasteiger partial charge on any atom is 0.234 e. The van der Waals surface area contributed by atoms with Gasteiger partial charge in [0.15, 0.2) is 11.0 Å². The van der Waals surface area contributed by atoms with Crippen molar-refractivity contribution in [2.75, 3.05) is 11.1 Å². The molecule has 3 rings (SSSR count). The predicted molar refractivity (Wildman–Crippen MR) is 107 cm³/mol. The lowest BCUT2D eigenvalue weighted by molar-refractivity contribution is -0.113. The van der Waals surface area contributed by atoms with Gasteiger partial charge in [0.2, 0.25) is 5.91 Å². The number of ether oxygens (including phenoxy) is 1. The Labute approximate surface area is 175 Å². The molecule has 1 heterocycles. The van der Waals surface area contributed by atoms with Gasteiger partial charge in [-0.25, -0.2) is 8.78 Å². The molecular formula is C19H17ClF2N4O2S. The molecule has 0 fully saturated rings. The van der Waals surface area contributed by atoms with Gasteiger partial charge in [-0.05, 0) is 37.3 Å². The highest BCUT2D eigenvalue weighted by atomic mass is 35.5. The van der Waals surface area contributed by atoms with E-state index in [0.29, 0.717) is 23.3 Å². The van der Waals surface area contributed by atoms with Crippen molar-refractivity contribution in [3.05, 3.63) is 64.9 Å². The molecule has 0 radical (unpaired) electrons. The van der Waals surface area contributed by atoms with Crippen molar-refractivity contribution < 1.29 is 18.3 Å². The van der Waals surface area contributed by atoms with Gasteiger partial charge < -0.3 is 14.6 Å². The monoisotopic (exact) mass is 438 g/mol. The first kappa shape index (κ1) is 21.1. The van der Waals surface area contributed by atoms with Gasteiger partial charge >= 0.3 is 0 Å². The van der Waals surface area contributed by atoms with Crippen molar-refractivity contribution in [2.24, 2.45) is 0 Å². The van der Waals surface area contributed by atoms with Crippen molar-refractivity contribution in [3.8, 4) is 5.75 Å². The number of para-hydroxylation sites is 1. The van der Waals surface area contributed by atoms with E-state index < -0.39 is 11.6 Å². The van der Waals surface area contributed by atoms with Crippen LogP contribution in [0.3, 0.4) is 0 Å². The minimum atomic E-state index is -0.499. The maximum atomic E-state index is 13.6. The van der Waals surface area contributed by atoms with Crippen molar-refractivity contribution in [1.29, 1.82) is 0 Å². The van der Waals surface area contributed by atoms with Crippen LogP contribution in [-0.2, 0) is 17.9 Å². The zero-order chi connectivity index (χ0) is 20.8. The summed E-state index contributed by atoms with van der Waals surface area (Å²) < 4.78 is 34.1. The van der Waals surface area contributed by atoms with Crippen LogP contribution in [0, 0.1) is 11.6 Å². The Morgan fingerprint density at radius 2 is 2.03 bits per heavy atom. The van der Waals surface area contributed by atoms with Crippen molar-refractivity contribution in [1.82, 2.24) is 14.8 Å². The Kier molecular flexibility index (Phi) is 7.05. The minimum Gasteiger partial charge on any atom is -0.484 e. The lowest BCUT2D eigenvalue weighted by atomic mass is 10.3. The van der Waals surface area contributed by atoms with E-state index in [1.165, 1.54) is 36.0 Å². The Balaban J connectivity index is 1.60. The van der Waals surface area contributed by atoms with E-state index in [1.54, 1.807) is 16.7 Å². The molecule has 6 nitrogen and oxygen atoms in total. The summed E-state index contributed by atoms with van der Waals surface area (Å²) in [6, 6.07) is 9.80. The highest BCUT2D eigenvalue weighted by Crippen LogP contribution is 2.26. The molecule has 0 spiro atoms. The number of benzene rings is 2. The summed E-state index contributed by atoms with van der Waals surface area (Å²) in [6.07, 6.45) is 0. The summed E-state index contributed by atoms with van der Waals surface area (Å²) in [5.41, 5.74) is 0.125. The van der Waals surface area contributed by atoms with Gasteiger partial charge in [-0.15, -0.1) is 10.2 Å². The highest BCUT2D eigenvalue weighted by Gasteiger charge is 2.15. The van der Waals surface area contributed by atoms with Crippen LogP contribution in [0.2, 0.25) is 5.02 Å². The van der Waals surface area contributed by atoms with Crippen LogP contribution >= 0.6 is 23.4 Å². The highest BCUT2D eigenvalue weighted by molar-refractivity contribution is 7.99. The standard InChI is InChI=1S/C19H17ClF2N4O2S/c1-2-26-17(10-28-16-8-7-12(21)9-13(16)20)24-25-19(26)29-11-18(27)23-15-6-4-3-5-14(15)22/h3-9H,2,10-11H2,1H3,(H,23,27). The number of rotatable bonds is 8. The molecule has 0 atom stereocenters. The first-order chi connectivity index (χ1) is 14.0. The number of thioether (sulfide) groups is 1. The van der Waals surface area contributed by atoms with Crippen LogP contribution in [0.1, 0.15) is 12.7 Å². The fourth-order valence-electron chi connectivity index (χ4n) is 2.46. The summed E-state index contributed by atoms with van der Waals surface area (Å²) in [5, 5.41) is 11.4. The smallest absolute Gasteiger partial charge is 0.234 e. The van der Waals surface area contributed by atoms with Crippen molar-refractivity contribution in [2.45, 2.75) is 25.2 Å². The van der Waals surface area contributed by atoms with Crippen molar-refractivity contribution >= 4 is 35.0 Å². The van der Waals surface area contributed by atoms with Gasteiger partial charge in [0, 0.05) is 6.54 Å². The number of halogens is 3.